The number of thioether (sulfide) groups is 1. The number of aromatic nitrogens is 1. The van der Waals surface area contributed by atoms with Gasteiger partial charge in [-0.15, -0.1) is 23.1 Å². The van der Waals surface area contributed by atoms with Crippen LogP contribution in [0.3, 0.4) is 0 Å². The largest absolute Gasteiger partial charge is 0.324 e. The Hall–Kier alpha value is -2.71. The van der Waals surface area contributed by atoms with Crippen LogP contribution in [0.15, 0.2) is 48.7 Å². The molecule has 1 N–H and O–H groups in total. The summed E-state index contributed by atoms with van der Waals surface area (Å²) in [5, 5.41) is 3.40. The molecule has 154 valence electrons. The molecule has 2 aromatic carbocycles. The molecule has 2 amide bonds. The number of nitrogens with zero attached hydrogens (tertiary/aromatic N) is 2. The topological polar surface area (TPSA) is 62.3 Å². The summed E-state index contributed by atoms with van der Waals surface area (Å²) in [6, 6.07) is 11.5. The molecule has 1 fully saturated rings. The number of hydrogen-bond donors (Lipinski definition) is 1. The van der Waals surface area contributed by atoms with E-state index < -0.39 is 6.04 Å². The van der Waals surface area contributed by atoms with E-state index in [0.717, 1.165) is 28.2 Å². The maximum absolute atomic E-state index is 14.0. The Balaban J connectivity index is 1.52. The maximum atomic E-state index is 14.0. The van der Waals surface area contributed by atoms with Gasteiger partial charge in [0.1, 0.15) is 21.7 Å². The predicted molar refractivity (Wildman–Crippen MR) is 119 cm³/mol. The highest BCUT2D eigenvalue weighted by Crippen LogP contribution is 2.31. The van der Waals surface area contributed by atoms with E-state index in [4.69, 9.17) is 0 Å². The second-order valence-electron chi connectivity index (χ2n) is 7.04. The number of hydrogen-bond acceptors (Lipinski definition) is 5. The molecule has 3 aromatic rings. The fraction of sp³-hybridized carbons (Fsp3) is 0.227. The summed E-state index contributed by atoms with van der Waals surface area (Å²) < 4.78 is 14.0. The first-order chi connectivity index (χ1) is 14.5. The summed E-state index contributed by atoms with van der Waals surface area (Å²) in [6.07, 6.45) is 1.46. The molecule has 0 saturated carbocycles. The fourth-order valence-corrected chi connectivity index (χ4v) is 5.29. The van der Waals surface area contributed by atoms with E-state index in [2.05, 4.69) is 10.3 Å². The minimum atomic E-state index is -0.568. The van der Waals surface area contributed by atoms with Gasteiger partial charge in [0.15, 0.2) is 0 Å². The normalized spacial score (nSPS) is 16.0. The summed E-state index contributed by atoms with van der Waals surface area (Å²) in [4.78, 5) is 32.2. The first kappa shape index (κ1) is 20.6. The van der Waals surface area contributed by atoms with Crippen LogP contribution in [-0.2, 0) is 4.79 Å². The number of benzene rings is 2. The molecule has 4 rings (SSSR count). The van der Waals surface area contributed by atoms with Crippen molar-refractivity contribution in [3.8, 4) is 10.6 Å². The Morgan fingerprint density at radius 2 is 1.97 bits per heavy atom. The molecule has 8 heteroatoms. The van der Waals surface area contributed by atoms with E-state index in [1.54, 1.807) is 23.1 Å². The Bertz CT molecular complexity index is 1120. The van der Waals surface area contributed by atoms with Gasteiger partial charge in [-0.25, -0.2) is 9.37 Å². The molecular formula is C22H20FN3O2S2. The average molecular weight is 442 g/mol. The lowest BCUT2D eigenvalue weighted by molar-refractivity contribution is -0.119. The lowest BCUT2D eigenvalue weighted by atomic mass is 10.1. The number of carbonyl (C=O) groups is 2. The fourth-order valence-electron chi connectivity index (χ4n) is 3.24. The lowest BCUT2D eigenvalue weighted by Crippen LogP contribution is -2.44. The van der Waals surface area contributed by atoms with E-state index in [9.17, 15) is 14.0 Å². The Morgan fingerprint density at radius 1 is 1.17 bits per heavy atom. The molecular weight excluding hydrogens is 421 g/mol. The van der Waals surface area contributed by atoms with Gasteiger partial charge in [0.05, 0.1) is 12.1 Å². The van der Waals surface area contributed by atoms with Crippen molar-refractivity contribution >= 4 is 40.6 Å². The van der Waals surface area contributed by atoms with Crippen LogP contribution in [0.4, 0.5) is 10.1 Å². The molecule has 1 unspecified atom stereocenters. The van der Waals surface area contributed by atoms with Gasteiger partial charge >= 0.3 is 0 Å². The molecule has 0 spiro atoms. The SMILES string of the molecule is Cc1cccc(NC(=O)C2CSCN2C(=O)c2cnc(-c3ccccc3F)s2)c1C. The van der Waals surface area contributed by atoms with Crippen LogP contribution in [0.25, 0.3) is 10.6 Å². The average Bonchev–Trinajstić information content (AvgIpc) is 3.41. The van der Waals surface area contributed by atoms with Crippen molar-refractivity contribution in [2.45, 2.75) is 19.9 Å². The van der Waals surface area contributed by atoms with E-state index in [-0.39, 0.29) is 17.6 Å². The van der Waals surface area contributed by atoms with E-state index >= 15 is 0 Å². The van der Waals surface area contributed by atoms with Gasteiger partial charge in [-0.2, -0.15) is 0 Å². The quantitative estimate of drug-likeness (QED) is 0.636. The summed E-state index contributed by atoms with van der Waals surface area (Å²) in [5.41, 5.74) is 3.21. The summed E-state index contributed by atoms with van der Waals surface area (Å²) >= 11 is 2.67. The summed E-state index contributed by atoms with van der Waals surface area (Å²) in [7, 11) is 0. The van der Waals surface area contributed by atoms with Gasteiger partial charge in [0.25, 0.3) is 5.91 Å². The lowest BCUT2D eigenvalue weighted by Gasteiger charge is -2.23. The second-order valence-corrected chi connectivity index (χ2v) is 9.07. The zero-order valence-corrected chi connectivity index (χ0v) is 18.1. The monoisotopic (exact) mass is 441 g/mol. The highest BCUT2D eigenvalue weighted by molar-refractivity contribution is 7.99. The van der Waals surface area contributed by atoms with Gasteiger partial charge in [0.2, 0.25) is 5.91 Å². The van der Waals surface area contributed by atoms with Crippen molar-refractivity contribution in [3.05, 3.63) is 70.5 Å². The van der Waals surface area contributed by atoms with Gasteiger partial charge in [-0.05, 0) is 43.2 Å². The van der Waals surface area contributed by atoms with Crippen molar-refractivity contribution < 1.29 is 14.0 Å². The van der Waals surface area contributed by atoms with Crippen molar-refractivity contribution in [1.82, 2.24) is 9.88 Å². The maximum Gasteiger partial charge on any atom is 0.266 e. The molecule has 30 heavy (non-hydrogen) atoms. The smallest absolute Gasteiger partial charge is 0.266 e. The molecule has 1 aliphatic heterocycles. The molecule has 2 heterocycles. The molecule has 1 atom stereocenters. The first-order valence-electron chi connectivity index (χ1n) is 9.42. The Morgan fingerprint density at radius 3 is 2.77 bits per heavy atom. The van der Waals surface area contributed by atoms with Crippen LogP contribution in [0.5, 0.6) is 0 Å². The Kier molecular flexibility index (Phi) is 5.87. The molecule has 0 radical (unpaired) electrons. The van der Waals surface area contributed by atoms with Gasteiger partial charge in [-0.1, -0.05) is 24.3 Å². The number of rotatable bonds is 4. The molecule has 1 aliphatic rings. The first-order valence-corrected chi connectivity index (χ1v) is 11.4. The third kappa shape index (κ3) is 3.97. The third-order valence-electron chi connectivity index (χ3n) is 5.13. The number of amides is 2. The molecule has 1 aromatic heterocycles. The van der Waals surface area contributed by atoms with Crippen LogP contribution < -0.4 is 5.32 Å². The van der Waals surface area contributed by atoms with Crippen LogP contribution >= 0.6 is 23.1 Å². The Labute approximate surface area is 182 Å². The zero-order valence-electron chi connectivity index (χ0n) is 16.5. The third-order valence-corrected chi connectivity index (χ3v) is 7.16. The van der Waals surface area contributed by atoms with E-state index in [1.165, 1.54) is 24.0 Å². The predicted octanol–water partition coefficient (Wildman–Crippen LogP) is 4.72. The van der Waals surface area contributed by atoms with Crippen LogP contribution in [0, 0.1) is 19.7 Å². The van der Waals surface area contributed by atoms with E-state index in [0.29, 0.717) is 27.1 Å². The van der Waals surface area contributed by atoms with Crippen LogP contribution in [-0.4, -0.2) is 39.4 Å². The summed E-state index contributed by atoms with van der Waals surface area (Å²) in [6.45, 7) is 3.95. The zero-order chi connectivity index (χ0) is 21.3. The standard InChI is InChI=1S/C22H20FN3O2S2/c1-13-6-5-9-17(14(13)2)25-20(27)18-11-29-12-26(18)22(28)19-10-24-21(30-19)15-7-3-4-8-16(15)23/h3-10,18H,11-12H2,1-2H3,(H,25,27). The van der Waals surface area contributed by atoms with Crippen LogP contribution in [0.1, 0.15) is 20.8 Å². The number of carbonyl (C=O) groups excluding carboxylic acids is 2. The summed E-state index contributed by atoms with van der Waals surface area (Å²) in [5.74, 6) is 0.105. The van der Waals surface area contributed by atoms with E-state index in [1.807, 2.05) is 32.0 Å². The second kappa shape index (κ2) is 8.57. The molecule has 1 saturated heterocycles. The molecule has 5 nitrogen and oxygen atoms in total. The van der Waals surface area contributed by atoms with Crippen LogP contribution in [0.2, 0.25) is 0 Å². The molecule has 0 bridgehead atoms. The van der Waals surface area contributed by atoms with Crippen molar-refractivity contribution in [2.24, 2.45) is 0 Å². The number of nitrogens with one attached hydrogen (secondary N) is 1. The highest BCUT2D eigenvalue weighted by atomic mass is 32.2. The van der Waals surface area contributed by atoms with Gasteiger partial charge in [-0.3, -0.25) is 9.59 Å². The van der Waals surface area contributed by atoms with Gasteiger partial charge in [0, 0.05) is 17.0 Å². The number of aryl methyl sites for hydroxylation is 1. The van der Waals surface area contributed by atoms with Crippen molar-refractivity contribution in [2.75, 3.05) is 16.9 Å². The highest BCUT2D eigenvalue weighted by Gasteiger charge is 2.36. The van der Waals surface area contributed by atoms with Gasteiger partial charge < -0.3 is 10.2 Å². The minimum Gasteiger partial charge on any atom is -0.324 e. The van der Waals surface area contributed by atoms with Crippen molar-refractivity contribution in [3.63, 3.8) is 0 Å². The minimum absolute atomic E-state index is 0.208. The number of thiazole rings is 1. The number of anilines is 1. The number of halogens is 1. The molecule has 0 aliphatic carbocycles. The van der Waals surface area contributed by atoms with Crippen molar-refractivity contribution in [1.29, 1.82) is 0 Å².